The topological polar surface area (TPSA) is 68.6 Å². The standard InChI is InChI=1S/C23H21ClF2N4O3/c1-13-19(21(31)29-8-10-32-11-9-29)20(15-12-14(24)6-7-18(15)33-22(25)26)30-17-5-3-2-4-16(17)28-23(30)27-13/h2-7,12,20,22H,8-11H2,1H3,(H,27,28)/t20-/m0/s1. The molecule has 2 aliphatic heterocycles. The molecule has 7 nitrogen and oxygen atoms in total. The monoisotopic (exact) mass is 474 g/mol. The third-order valence-electron chi connectivity index (χ3n) is 5.84. The van der Waals surface area contributed by atoms with E-state index in [4.69, 9.17) is 21.1 Å². The Balaban J connectivity index is 1.74. The molecule has 10 heteroatoms. The van der Waals surface area contributed by atoms with Crippen molar-refractivity contribution in [2.75, 3.05) is 31.6 Å². The number of nitrogens with zero attached hydrogens (tertiary/aromatic N) is 3. The number of ether oxygens (including phenoxy) is 2. The lowest BCUT2D eigenvalue weighted by atomic mass is 9.93. The van der Waals surface area contributed by atoms with Gasteiger partial charge in [-0.1, -0.05) is 23.7 Å². The Bertz CT molecular complexity index is 1250. The van der Waals surface area contributed by atoms with Crippen LogP contribution in [0.2, 0.25) is 5.02 Å². The molecule has 0 bridgehead atoms. The summed E-state index contributed by atoms with van der Waals surface area (Å²) in [6.07, 6.45) is 0. The van der Waals surface area contributed by atoms with Crippen LogP contribution in [0.25, 0.3) is 11.0 Å². The molecule has 0 unspecified atom stereocenters. The average Bonchev–Trinajstić information content (AvgIpc) is 3.17. The maximum absolute atomic E-state index is 13.8. The molecule has 1 aromatic heterocycles. The number of anilines is 1. The van der Waals surface area contributed by atoms with Crippen LogP contribution in [0.3, 0.4) is 0 Å². The summed E-state index contributed by atoms with van der Waals surface area (Å²) in [4.78, 5) is 20.1. The van der Waals surface area contributed by atoms with Crippen molar-refractivity contribution >= 4 is 34.5 Å². The van der Waals surface area contributed by atoms with Gasteiger partial charge in [0.15, 0.2) is 0 Å². The van der Waals surface area contributed by atoms with E-state index >= 15 is 0 Å². The van der Waals surface area contributed by atoms with Crippen molar-refractivity contribution in [2.45, 2.75) is 19.6 Å². The van der Waals surface area contributed by atoms with Crippen LogP contribution in [-0.4, -0.2) is 53.3 Å². The molecule has 1 N–H and O–H groups in total. The van der Waals surface area contributed by atoms with Gasteiger partial charge >= 0.3 is 6.61 Å². The molecule has 172 valence electrons. The number of alkyl halides is 2. The zero-order valence-electron chi connectivity index (χ0n) is 17.7. The van der Waals surface area contributed by atoms with E-state index in [-0.39, 0.29) is 11.7 Å². The molecular weight excluding hydrogens is 454 g/mol. The lowest BCUT2D eigenvalue weighted by Gasteiger charge is -2.35. The molecule has 2 aliphatic rings. The molecule has 1 saturated heterocycles. The van der Waals surface area contributed by atoms with E-state index in [2.05, 4.69) is 10.3 Å². The van der Waals surface area contributed by atoms with Crippen LogP contribution < -0.4 is 10.1 Å². The van der Waals surface area contributed by atoms with Crippen LogP contribution in [0.5, 0.6) is 5.75 Å². The van der Waals surface area contributed by atoms with Crippen molar-refractivity contribution in [3.63, 3.8) is 0 Å². The highest BCUT2D eigenvalue weighted by Crippen LogP contribution is 2.43. The molecule has 0 spiro atoms. The molecule has 3 aromatic rings. The van der Waals surface area contributed by atoms with Gasteiger partial charge in [0.1, 0.15) is 5.75 Å². The fourth-order valence-corrected chi connectivity index (χ4v) is 4.59. The summed E-state index contributed by atoms with van der Waals surface area (Å²) in [5.74, 6) is 0.241. The summed E-state index contributed by atoms with van der Waals surface area (Å²) in [6, 6.07) is 11.1. The van der Waals surface area contributed by atoms with Crippen molar-refractivity contribution in [1.82, 2.24) is 14.5 Å². The smallest absolute Gasteiger partial charge is 0.387 e. The first-order valence-corrected chi connectivity index (χ1v) is 10.9. The van der Waals surface area contributed by atoms with Crippen molar-refractivity contribution in [3.05, 3.63) is 64.3 Å². The SMILES string of the molecule is CC1=C(C(=O)N2CCOCC2)[C@H](c2cc(Cl)ccc2OC(F)F)n2c(nc3ccccc32)N1. The second kappa shape index (κ2) is 8.64. The van der Waals surface area contributed by atoms with Gasteiger partial charge in [0.2, 0.25) is 5.95 Å². The van der Waals surface area contributed by atoms with Crippen LogP contribution in [0.4, 0.5) is 14.7 Å². The number of halogens is 3. The highest BCUT2D eigenvalue weighted by molar-refractivity contribution is 6.30. The lowest BCUT2D eigenvalue weighted by molar-refractivity contribution is -0.131. The Morgan fingerprint density at radius 2 is 2.00 bits per heavy atom. The predicted molar refractivity (Wildman–Crippen MR) is 120 cm³/mol. The summed E-state index contributed by atoms with van der Waals surface area (Å²) in [5.41, 5.74) is 2.80. The normalized spacial score (nSPS) is 18.5. The van der Waals surface area contributed by atoms with Crippen LogP contribution in [0.15, 0.2) is 53.7 Å². The van der Waals surface area contributed by atoms with Crippen molar-refractivity contribution < 1.29 is 23.0 Å². The maximum Gasteiger partial charge on any atom is 0.387 e. The molecule has 33 heavy (non-hydrogen) atoms. The summed E-state index contributed by atoms with van der Waals surface area (Å²) >= 11 is 6.29. The number of hydrogen-bond acceptors (Lipinski definition) is 5. The van der Waals surface area contributed by atoms with E-state index in [1.54, 1.807) is 17.9 Å². The van der Waals surface area contributed by atoms with Gasteiger partial charge in [-0.25, -0.2) is 4.98 Å². The minimum Gasteiger partial charge on any atom is -0.434 e. The first-order chi connectivity index (χ1) is 15.9. The Morgan fingerprint density at radius 3 is 2.76 bits per heavy atom. The van der Waals surface area contributed by atoms with Crippen molar-refractivity contribution in [3.8, 4) is 5.75 Å². The molecule has 0 saturated carbocycles. The van der Waals surface area contributed by atoms with Gasteiger partial charge in [0, 0.05) is 29.4 Å². The Morgan fingerprint density at radius 1 is 1.24 bits per heavy atom. The summed E-state index contributed by atoms with van der Waals surface area (Å²) in [6.45, 7) is 0.500. The Hall–Kier alpha value is -3.17. The number of rotatable bonds is 4. The molecule has 3 heterocycles. The zero-order valence-corrected chi connectivity index (χ0v) is 18.5. The molecule has 5 rings (SSSR count). The van der Waals surface area contributed by atoms with E-state index in [0.29, 0.717) is 59.6 Å². The van der Waals surface area contributed by atoms with Crippen molar-refractivity contribution in [2.24, 2.45) is 0 Å². The summed E-state index contributed by atoms with van der Waals surface area (Å²) in [7, 11) is 0. The number of benzene rings is 2. The number of hydrogen-bond donors (Lipinski definition) is 1. The predicted octanol–water partition coefficient (Wildman–Crippen LogP) is 4.44. The van der Waals surface area contributed by atoms with Gasteiger partial charge in [-0.15, -0.1) is 0 Å². The number of fused-ring (bicyclic) bond motifs is 3. The van der Waals surface area contributed by atoms with Crippen LogP contribution >= 0.6 is 11.6 Å². The van der Waals surface area contributed by atoms with Crippen LogP contribution in [0.1, 0.15) is 18.5 Å². The molecule has 1 amide bonds. The number of para-hydroxylation sites is 2. The van der Waals surface area contributed by atoms with Gasteiger partial charge in [-0.05, 0) is 37.3 Å². The fourth-order valence-electron chi connectivity index (χ4n) is 4.41. The largest absolute Gasteiger partial charge is 0.434 e. The Kier molecular flexibility index (Phi) is 5.67. The van der Waals surface area contributed by atoms with E-state index in [9.17, 15) is 13.6 Å². The number of allylic oxidation sites excluding steroid dienone is 1. The van der Waals surface area contributed by atoms with E-state index in [0.717, 1.165) is 5.52 Å². The highest BCUT2D eigenvalue weighted by Gasteiger charge is 2.38. The minimum absolute atomic E-state index is 0.0508. The first-order valence-electron chi connectivity index (χ1n) is 10.5. The summed E-state index contributed by atoms with van der Waals surface area (Å²) < 4.78 is 38.7. The molecule has 2 aromatic carbocycles. The lowest BCUT2D eigenvalue weighted by Crippen LogP contribution is -2.44. The molecule has 1 atom stereocenters. The van der Waals surface area contributed by atoms with Crippen molar-refractivity contribution in [1.29, 1.82) is 0 Å². The Labute approximate surface area is 193 Å². The third kappa shape index (κ3) is 3.91. The number of amides is 1. The fraction of sp³-hybridized carbons (Fsp3) is 0.304. The second-order valence-corrected chi connectivity index (χ2v) is 8.26. The second-order valence-electron chi connectivity index (χ2n) is 7.83. The van der Waals surface area contributed by atoms with Crippen LogP contribution in [-0.2, 0) is 9.53 Å². The molecule has 0 aliphatic carbocycles. The minimum atomic E-state index is -3.03. The quantitative estimate of drug-likeness (QED) is 0.605. The number of morpholine rings is 1. The van der Waals surface area contributed by atoms with Gasteiger partial charge < -0.3 is 19.7 Å². The maximum atomic E-state index is 13.8. The van der Waals surface area contributed by atoms with Gasteiger partial charge in [-0.3, -0.25) is 9.36 Å². The van der Waals surface area contributed by atoms with E-state index in [1.807, 2.05) is 28.8 Å². The third-order valence-corrected chi connectivity index (χ3v) is 6.08. The van der Waals surface area contributed by atoms with Gasteiger partial charge in [-0.2, -0.15) is 8.78 Å². The van der Waals surface area contributed by atoms with E-state index in [1.165, 1.54) is 12.1 Å². The number of carbonyl (C=O) groups excluding carboxylic acids is 1. The number of carbonyl (C=O) groups is 1. The van der Waals surface area contributed by atoms with Gasteiger partial charge in [0.05, 0.1) is 35.9 Å². The zero-order chi connectivity index (χ0) is 23.1. The van der Waals surface area contributed by atoms with Gasteiger partial charge in [0.25, 0.3) is 5.91 Å². The molecular formula is C23H21ClF2N4O3. The highest BCUT2D eigenvalue weighted by atomic mass is 35.5. The van der Waals surface area contributed by atoms with E-state index < -0.39 is 12.7 Å². The first kappa shape index (κ1) is 21.7. The molecule has 0 radical (unpaired) electrons. The molecule has 1 fully saturated rings. The number of aromatic nitrogens is 2. The average molecular weight is 475 g/mol. The number of imidazole rings is 1. The summed E-state index contributed by atoms with van der Waals surface area (Å²) in [5, 5.41) is 3.56. The number of nitrogens with one attached hydrogen (secondary N) is 1. The van der Waals surface area contributed by atoms with Crippen LogP contribution in [0, 0.1) is 0 Å².